The Morgan fingerprint density at radius 2 is 2.00 bits per heavy atom. The highest BCUT2D eigenvalue weighted by Crippen LogP contribution is 2.23. The van der Waals surface area contributed by atoms with Crippen LogP contribution in [0.15, 0.2) is 42.7 Å². The predicted molar refractivity (Wildman–Crippen MR) is 81.9 cm³/mol. The Kier molecular flexibility index (Phi) is 7.70. The molecule has 0 atom stereocenters. The minimum absolute atomic E-state index is 0.0677. The lowest BCUT2D eigenvalue weighted by Crippen LogP contribution is -1.96. The summed E-state index contributed by atoms with van der Waals surface area (Å²) in [5, 5.41) is 9.49. The second-order valence-electron chi connectivity index (χ2n) is 4.27. The summed E-state index contributed by atoms with van der Waals surface area (Å²) in [5.41, 5.74) is 1.69. The second kappa shape index (κ2) is 9.34. The molecule has 1 heterocycles. The van der Waals surface area contributed by atoms with Crippen LogP contribution >= 0.6 is 11.6 Å². The molecule has 0 aliphatic heterocycles. The number of aromatic nitrogens is 1. The fraction of sp³-hybridized carbons (Fsp3) is 0.312. The van der Waals surface area contributed by atoms with Gasteiger partial charge < -0.3 is 9.84 Å². The molecule has 0 aliphatic carbocycles. The Morgan fingerprint density at radius 1 is 1.25 bits per heavy atom. The lowest BCUT2D eigenvalue weighted by molar-refractivity contribution is 0.281. The van der Waals surface area contributed by atoms with E-state index in [1.807, 2.05) is 12.1 Å². The van der Waals surface area contributed by atoms with Gasteiger partial charge in [0.25, 0.3) is 0 Å². The number of benzene rings is 1. The summed E-state index contributed by atoms with van der Waals surface area (Å²) in [7, 11) is 0. The molecular weight excluding hydrogens is 274 g/mol. The van der Waals surface area contributed by atoms with Crippen molar-refractivity contribution in [1.82, 2.24) is 4.98 Å². The zero-order chi connectivity index (χ0) is 14.8. The second-order valence-corrected chi connectivity index (χ2v) is 4.68. The molecule has 1 aromatic carbocycles. The van der Waals surface area contributed by atoms with Gasteiger partial charge in [0.2, 0.25) is 0 Å². The van der Waals surface area contributed by atoms with E-state index in [-0.39, 0.29) is 6.61 Å². The van der Waals surface area contributed by atoms with Crippen LogP contribution in [-0.2, 0) is 13.2 Å². The van der Waals surface area contributed by atoms with E-state index in [1.165, 1.54) is 6.42 Å². The van der Waals surface area contributed by atoms with Crippen LogP contribution in [0.2, 0.25) is 5.02 Å². The summed E-state index contributed by atoms with van der Waals surface area (Å²) in [6.45, 7) is 4.63. The highest BCUT2D eigenvalue weighted by molar-refractivity contribution is 6.31. The molecular formula is C16H20ClNO2. The van der Waals surface area contributed by atoms with Crippen LogP contribution in [0.1, 0.15) is 31.4 Å². The molecule has 0 amide bonds. The van der Waals surface area contributed by atoms with Gasteiger partial charge in [-0.2, -0.15) is 0 Å². The van der Waals surface area contributed by atoms with Crippen molar-refractivity contribution < 1.29 is 9.84 Å². The monoisotopic (exact) mass is 293 g/mol. The van der Waals surface area contributed by atoms with Gasteiger partial charge in [-0.15, -0.1) is 0 Å². The molecule has 4 heteroatoms. The fourth-order valence-electron chi connectivity index (χ4n) is 1.40. The van der Waals surface area contributed by atoms with E-state index in [2.05, 4.69) is 18.8 Å². The average molecular weight is 294 g/mol. The molecule has 0 bridgehead atoms. The van der Waals surface area contributed by atoms with Crippen LogP contribution in [0.5, 0.6) is 5.75 Å². The Hall–Kier alpha value is -1.58. The summed E-state index contributed by atoms with van der Waals surface area (Å²) in [6.07, 6.45) is 4.72. The predicted octanol–water partition coefficient (Wildman–Crippen LogP) is 4.22. The SMILES string of the molecule is CCC.OCc1ccc(OCc2cccnc2)cc1Cl. The highest BCUT2D eigenvalue weighted by Gasteiger charge is 2.02. The topological polar surface area (TPSA) is 42.4 Å². The van der Waals surface area contributed by atoms with Gasteiger partial charge in [-0.25, -0.2) is 0 Å². The van der Waals surface area contributed by atoms with Gasteiger partial charge in [0, 0.05) is 23.0 Å². The van der Waals surface area contributed by atoms with Gasteiger partial charge in [0.15, 0.2) is 0 Å². The Labute approximate surface area is 125 Å². The van der Waals surface area contributed by atoms with Gasteiger partial charge in [-0.3, -0.25) is 4.98 Å². The molecule has 0 unspecified atom stereocenters. The van der Waals surface area contributed by atoms with Crippen molar-refractivity contribution in [3.63, 3.8) is 0 Å². The third-order valence-corrected chi connectivity index (χ3v) is 2.68. The first-order valence-electron chi connectivity index (χ1n) is 6.62. The molecule has 1 aromatic heterocycles. The van der Waals surface area contributed by atoms with E-state index in [4.69, 9.17) is 21.4 Å². The first-order chi connectivity index (χ1) is 9.71. The number of pyridine rings is 1. The highest BCUT2D eigenvalue weighted by atomic mass is 35.5. The maximum atomic E-state index is 8.98. The van der Waals surface area contributed by atoms with Crippen molar-refractivity contribution >= 4 is 11.6 Å². The van der Waals surface area contributed by atoms with Crippen LogP contribution in [0.4, 0.5) is 0 Å². The van der Waals surface area contributed by atoms with Crippen molar-refractivity contribution in [3.8, 4) is 5.75 Å². The number of ether oxygens (including phenoxy) is 1. The largest absolute Gasteiger partial charge is 0.489 e. The summed E-state index contributed by atoms with van der Waals surface area (Å²) >= 11 is 5.96. The number of halogens is 1. The molecule has 0 radical (unpaired) electrons. The van der Waals surface area contributed by atoms with Gasteiger partial charge >= 0.3 is 0 Å². The molecule has 2 rings (SSSR count). The molecule has 108 valence electrons. The van der Waals surface area contributed by atoms with Crippen molar-refractivity contribution in [3.05, 3.63) is 58.9 Å². The van der Waals surface area contributed by atoms with Crippen molar-refractivity contribution in [1.29, 1.82) is 0 Å². The summed E-state index contributed by atoms with van der Waals surface area (Å²) in [4.78, 5) is 4.00. The molecule has 1 N–H and O–H groups in total. The quantitative estimate of drug-likeness (QED) is 0.917. The molecule has 20 heavy (non-hydrogen) atoms. The number of hydrogen-bond donors (Lipinski definition) is 1. The van der Waals surface area contributed by atoms with Crippen molar-refractivity contribution in [2.75, 3.05) is 0 Å². The van der Waals surface area contributed by atoms with E-state index >= 15 is 0 Å². The van der Waals surface area contributed by atoms with Gasteiger partial charge in [-0.1, -0.05) is 44.0 Å². The first kappa shape index (κ1) is 16.5. The lowest BCUT2D eigenvalue weighted by atomic mass is 10.2. The van der Waals surface area contributed by atoms with E-state index in [0.717, 1.165) is 5.56 Å². The summed E-state index contributed by atoms with van der Waals surface area (Å²) in [6, 6.07) is 9.04. The van der Waals surface area contributed by atoms with Crippen molar-refractivity contribution in [2.45, 2.75) is 33.5 Å². The number of nitrogens with zero attached hydrogens (tertiary/aromatic N) is 1. The molecule has 0 spiro atoms. The molecule has 0 fully saturated rings. The fourth-order valence-corrected chi connectivity index (χ4v) is 1.63. The normalized spacial score (nSPS) is 9.60. The van der Waals surface area contributed by atoms with Gasteiger partial charge in [0.05, 0.1) is 6.61 Å². The van der Waals surface area contributed by atoms with Crippen LogP contribution in [0.3, 0.4) is 0 Å². The minimum atomic E-state index is -0.0677. The molecule has 0 saturated carbocycles. The molecule has 3 nitrogen and oxygen atoms in total. The number of rotatable bonds is 4. The summed E-state index contributed by atoms with van der Waals surface area (Å²) in [5.74, 6) is 0.677. The van der Waals surface area contributed by atoms with Gasteiger partial charge in [-0.05, 0) is 23.8 Å². The molecule has 0 saturated heterocycles. The van der Waals surface area contributed by atoms with Crippen LogP contribution in [-0.4, -0.2) is 10.1 Å². The number of hydrogen-bond acceptors (Lipinski definition) is 3. The number of aliphatic hydroxyl groups is 1. The van der Waals surface area contributed by atoms with E-state index in [0.29, 0.717) is 22.9 Å². The standard InChI is InChI=1S/C13H12ClNO2.C3H8/c14-13-6-12(4-3-11(13)8-16)17-9-10-2-1-5-15-7-10;1-3-2/h1-7,16H,8-9H2;3H2,1-2H3. The first-order valence-corrected chi connectivity index (χ1v) is 7.00. The van der Waals surface area contributed by atoms with Crippen molar-refractivity contribution in [2.24, 2.45) is 0 Å². The van der Waals surface area contributed by atoms with E-state index in [9.17, 15) is 0 Å². The van der Waals surface area contributed by atoms with Gasteiger partial charge in [0.1, 0.15) is 12.4 Å². The maximum Gasteiger partial charge on any atom is 0.121 e. The lowest BCUT2D eigenvalue weighted by Gasteiger charge is -2.07. The average Bonchev–Trinajstić information content (AvgIpc) is 2.47. The Balaban J connectivity index is 0.000000612. The van der Waals surface area contributed by atoms with Crippen LogP contribution in [0.25, 0.3) is 0 Å². The smallest absolute Gasteiger partial charge is 0.121 e. The zero-order valence-corrected chi connectivity index (χ0v) is 12.6. The molecule has 0 aliphatic rings. The van der Waals surface area contributed by atoms with E-state index in [1.54, 1.807) is 30.6 Å². The maximum absolute atomic E-state index is 8.98. The third-order valence-electron chi connectivity index (χ3n) is 2.32. The zero-order valence-electron chi connectivity index (χ0n) is 11.8. The summed E-state index contributed by atoms with van der Waals surface area (Å²) < 4.78 is 5.57. The Morgan fingerprint density at radius 3 is 2.55 bits per heavy atom. The van der Waals surface area contributed by atoms with Crippen LogP contribution in [0, 0.1) is 0 Å². The minimum Gasteiger partial charge on any atom is -0.489 e. The van der Waals surface area contributed by atoms with Crippen LogP contribution < -0.4 is 4.74 Å². The van der Waals surface area contributed by atoms with E-state index < -0.39 is 0 Å². The third kappa shape index (κ3) is 5.59. The molecule has 2 aromatic rings. The number of aliphatic hydroxyl groups excluding tert-OH is 1. The Bertz CT molecular complexity index is 503.